The van der Waals surface area contributed by atoms with E-state index in [1.165, 1.54) is 41.2 Å². The lowest BCUT2D eigenvalue weighted by Gasteiger charge is -2.14. The number of hydrogen-bond donors (Lipinski definition) is 1. The van der Waals surface area contributed by atoms with Gasteiger partial charge in [-0.1, -0.05) is 12.1 Å². The van der Waals surface area contributed by atoms with Crippen molar-refractivity contribution < 1.29 is 13.9 Å². The second kappa shape index (κ2) is 8.19. The van der Waals surface area contributed by atoms with Gasteiger partial charge in [-0.2, -0.15) is 0 Å². The Hall–Kier alpha value is -3.72. The number of anilines is 1. The zero-order valence-electron chi connectivity index (χ0n) is 16.7. The van der Waals surface area contributed by atoms with E-state index >= 15 is 0 Å². The molecule has 0 aliphatic heterocycles. The van der Waals surface area contributed by atoms with Crippen LogP contribution in [0, 0.1) is 12.7 Å². The third-order valence-corrected chi connectivity index (χ3v) is 5.74. The number of thiophene rings is 1. The molecule has 9 heteroatoms. The molecule has 0 radical (unpaired) electrons. The highest BCUT2D eigenvalue weighted by Gasteiger charge is 2.19. The van der Waals surface area contributed by atoms with Crippen LogP contribution >= 0.6 is 11.3 Å². The summed E-state index contributed by atoms with van der Waals surface area (Å²) in [6.07, 6.45) is 0. The second-order valence-corrected chi connectivity index (χ2v) is 7.74. The molecule has 0 atom stereocenters. The van der Waals surface area contributed by atoms with Crippen molar-refractivity contribution in [3.63, 3.8) is 0 Å². The smallest absolute Gasteiger partial charge is 0.336 e. The van der Waals surface area contributed by atoms with Gasteiger partial charge in [0.1, 0.15) is 22.8 Å². The topological polar surface area (TPSA) is 82.3 Å². The van der Waals surface area contributed by atoms with Crippen molar-refractivity contribution in [3.05, 3.63) is 86.1 Å². The lowest BCUT2D eigenvalue weighted by molar-refractivity contribution is -0.116. The van der Waals surface area contributed by atoms with Crippen LogP contribution in [0.1, 0.15) is 5.56 Å². The number of hydrogen-bond acceptors (Lipinski definition) is 5. The summed E-state index contributed by atoms with van der Waals surface area (Å²) >= 11 is 1.19. The summed E-state index contributed by atoms with van der Waals surface area (Å²) < 4.78 is 21.2. The molecular weight excluding hydrogens is 421 g/mol. The van der Waals surface area contributed by atoms with Crippen molar-refractivity contribution in [2.45, 2.75) is 13.5 Å². The summed E-state index contributed by atoms with van der Waals surface area (Å²) in [4.78, 5) is 39.1. The third kappa shape index (κ3) is 3.75. The number of nitrogens with one attached hydrogen (secondary N) is 1. The van der Waals surface area contributed by atoms with Crippen molar-refractivity contribution in [2.75, 3.05) is 12.4 Å². The average molecular weight is 439 g/mol. The molecule has 0 aliphatic rings. The molecule has 31 heavy (non-hydrogen) atoms. The lowest BCUT2D eigenvalue weighted by Crippen LogP contribution is -2.40. The summed E-state index contributed by atoms with van der Waals surface area (Å²) in [5.74, 6) is -0.527. The molecule has 158 valence electrons. The molecule has 0 saturated carbocycles. The van der Waals surface area contributed by atoms with Gasteiger partial charge in [0.25, 0.3) is 5.56 Å². The van der Waals surface area contributed by atoms with Crippen molar-refractivity contribution in [3.8, 4) is 11.4 Å². The van der Waals surface area contributed by atoms with Crippen LogP contribution in [0.2, 0.25) is 0 Å². The number of carbonyl (C=O) groups excluding carboxylic acids is 1. The van der Waals surface area contributed by atoms with Gasteiger partial charge >= 0.3 is 5.69 Å². The van der Waals surface area contributed by atoms with Gasteiger partial charge in [0.05, 0.1) is 18.3 Å². The number of benzene rings is 2. The maximum Gasteiger partial charge on any atom is 0.336 e. The highest BCUT2D eigenvalue weighted by molar-refractivity contribution is 7.17. The second-order valence-electron chi connectivity index (χ2n) is 6.82. The first-order chi connectivity index (χ1) is 14.9. The van der Waals surface area contributed by atoms with E-state index in [0.29, 0.717) is 32.9 Å². The third-order valence-electron chi connectivity index (χ3n) is 4.85. The van der Waals surface area contributed by atoms with Crippen molar-refractivity contribution in [1.29, 1.82) is 0 Å². The number of methoxy groups -OCH3 is 1. The summed E-state index contributed by atoms with van der Waals surface area (Å²) in [5, 5.41) is 4.38. The van der Waals surface area contributed by atoms with E-state index in [0.717, 1.165) is 4.57 Å². The molecule has 2 aromatic heterocycles. The number of rotatable bonds is 5. The first-order valence-corrected chi connectivity index (χ1v) is 10.2. The Kier molecular flexibility index (Phi) is 5.43. The molecule has 2 heterocycles. The molecule has 0 unspecified atom stereocenters. The molecule has 0 saturated heterocycles. The van der Waals surface area contributed by atoms with Crippen LogP contribution in [0.25, 0.3) is 15.9 Å². The van der Waals surface area contributed by atoms with Gasteiger partial charge in [-0.05, 0) is 54.3 Å². The van der Waals surface area contributed by atoms with E-state index in [1.807, 2.05) is 0 Å². The molecular formula is C22H18FN3O4S. The Morgan fingerprint density at radius 3 is 2.68 bits per heavy atom. The molecule has 1 N–H and O–H groups in total. The minimum Gasteiger partial charge on any atom is -0.495 e. The van der Waals surface area contributed by atoms with E-state index in [9.17, 15) is 18.8 Å². The van der Waals surface area contributed by atoms with Crippen molar-refractivity contribution >= 4 is 33.1 Å². The number of halogens is 1. The number of amides is 1. The quantitative estimate of drug-likeness (QED) is 0.517. The van der Waals surface area contributed by atoms with E-state index in [2.05, 4.69) is 5.32 Å². The van der Waals surface area contributed by atoms with Crippen molar-refractivity contribution in [1.82, 2.24) is 9.13 Å². The molecule has 4 rings (SSSR count). The predicted octanol–water partition coefficient (Wildman–Crippen LogP) is 3.31. The van der Waals surface area contributed by atoms with Crippen molar-refractivity contribution in [2.24, 2.45) is 0 Å². The highest BCUT2D eigenvalue weighted by atomic mass is 32.1. The zero-order chi connectivity index (χ0) is 22.1. The van der Waals surface area contributed by atoms with Gasteiger partial charge < -0.3 is 10.1 Å². The Bertz CT molecular complexity index is 1420. The van der Waals surface area contributed by atoms with Gasteiger partial charge in [0, 0.05) is 5.69 Å². The number of aromatic nitrogens is 2. The van der Waals surface area contributed by atoms with Gasteiger partial charge in [-0.25, -0.2) is 13.8 Å². The van der Waals surface area contributed by atoms with Crippen LogP contribution in [0.5, 0.6) is 5.75 Å². The molecule has 0 fully saturated rings. The minimum atomic E-state index is -0.661. The number of fused-ring (bicyclic) bond motifs is 1. The van der Waals surface area contributed by atoms with Gasteiger partial charge in [0.2, 0.25) is 5.91 Å². The van der Waals surface area contributed by atoms with Crippen LogP contribution < -0.4 is 21.3 Å². The van der Waals surface area contributed by atoms with Crippen LogP contribution in [-0.4, -0.2) is 22.2 Å². The Labute approximate surface area is 180 Å². The molecule has 0 aliphatic carbocycles. The number of carbonyl (C=O) groups is 1. The number of ether oxygens (including phenoxy) is 1. The Balaban J connectivity index is 1.81. The number of para-hydroxylation sites is 2. The van der Waals surface area contributed by atoms with Crippen LogP contribution in [0.3, 0.4) is 0 Å². The standard InChI is InChI=1S/C22H18FN3O4S/c1-13-11-14(23)7-8-15(13)24-19(27)12-25-17-9-10-31-20(17)21(28)26(22(25)29)16-5-3-4-6-18(16)30-2/h3-11H,12H2,1-2H3,(H,24,27). The van der Waals surface area contributed by atoms with E-state index in [1.54, 1.807) is 42.6 Å². The fourth-order valence-electron chi connectivity index (χ4n) is 3.37. The Morgan fingerprint density at radius 2 is 1.94 bits per heavy atom. The summed E-state index contributed by atoms with van der Waals surface area (Å²) in [5.41, 5.74) is 0.521. The molecule has 1 amide bonds. The van der Waals surface area contributed by atoms with Crippen LogP contribution in [0.15, 0.2) is 63.5 Å². The zero-order valence-corrected chi connectivity index (χ0v) is 17.5. The highest BCUT2D eigenvalue weighted by Crippen LogP contribution is 2.22. The summed E-state index contributed by atoms with van der Waals surface area (Å²) in [6.45, 7) is 1.35. The van der Waals surface area contributed by atoms with Gasteiger partial charge in [-0.3, -0.25) is 14.2 Å². The Morgan fingerprint density at radius 1 is 1.16 bits per heavy atom. The average Bonchev–Trinajstić information content (AvgIpc) is 3.24. The monoisotopic (exact) mass is 439 g/mol. The van der Waals surface area contributed by atoms with Crippen LogP contribution in [-0.2, 0) is 11.3 Å². The number of aryl methyl sites for hydroxylation is 1. The first kappa shape index (κ1) is 20.5. The minimum absolute atomic E-state index is 0.291. The molecule has 2 aromatic carbocycles. The lowest BCUT2D eigenvalue weighted by atomic mass is 10.2. The van der Waals surface area contributed by atoms with Gasteiger partial charge in [-0.15, -0.1) is 11.3 Å². The largest absolute Gasteiger partial charge is 0.495 e. The fraction of sp³-hybridized carbons (Fsp3) is 0.136. The normalized spacial score (nSPS) is 10.9. The van der Waals surface area contributed by atoms with E-state index < -0.39 is 23.0 Å². The number of nitrogens with zero attached hydrogens (tertiary/aromatic N) is 2. The van der Waals surface area contributed by atoms with Gasteiger partial charge in [0.15, 0.2) is 0 Å². The molecule has 0 spiro atoms. The molecule has 4 aromatic rings. The maximum atomic E-state index is 13.3. The summed E-state index contributed by atoms with van der Waals surface area (Å²) in [6, 6.07) is 12.3. The first-order valence-electron chi connectivity index (χ1n) is 9.33. The predicted molar refractivity (Wildman–Crippen MR) is 118 cm³/mol. The van der Waals surface area contributed by atoms with E-state index in [-0.39, 0.29) is 6.54 Å². The maximum absolute atomic E-state index is 13.3. The SMILES string of the molecule is COc1ccccc1-n1c(=O)c2sccc2n(CC(=O)Nc2ccc(F)cc2C)c1=O. The molecule has 7 nitrogen and oxygen atoms in total. The van der Waals surface area contributed by atoms with E-state index in [4.69, 9.17) is 4.74 Å². The summed E-state index contributed by atoms with van der Waals surface area (Å²) in [7, 11) is 1.45. The van der Waals surface area contributed by atoms with Crippen LogP contribution in [0.4, 0.5) is 10.1 Å². The molecule has 0 bridgehead atoms. The fourth-order valence-corrected chi connectivity index (χ4v) is 4.19.